The van der Waals surface area contributed by atoms with Crippen molar-refractivity contribution in [3.8, 4) is 16.9 Å². The fourth-order valence-corrected chi connectivity index (χ4v) is 5.46. The molecule has 4 atom stereocenters. The van der Waals surface area contributed by atoms with Crippen LogP contribution in [-0.4, -0.2) is 43.1 Å². The summed E-state index contributed by atoms with van der Waals surface area (Å²) in [5, 5.41) is 4.27. The lowest BCUT2D eigenvalue weighted by Gasteiger charge is -2.29. The van der Waals surface area contributed by atoms with Crippen LogP contribution < -0.4 is 10.1 Å². The molecule has 142 valence electrons. The van der Waals surface area contributed by atoms with Crippen LogP contribution in [0.3, 0.4) is 0 Å². The first-order chi connectivity index (χ1) is 13.7. The van der Waals surface area contributed by atoms with Gasteiger partial charge in [-0.1, -0.05) is 30.3 Å². The second-order valence-electron chi connectivity index (χ2n) is 8.29. The molecule has 1 aromatic heterocycles. The number of nitrogens with one attached hydrogen (secondary N) is 1. The van der Waals surface area contributed by atoms with Crippen molar-refractivity contribution in [3.05, 3.63) is 54.3 Å². The molecule has 1 amide bonds. The number of ether oxygens (including phenoxy) is 1. The Bertz CT molecular complexity index is 1080. The Morgan fingerprint density at radius 3 is 2.75 bits per heavy atom. The predicted molar refractivity (Wildman–Crippen MR) is 106 cm³/mol. The van der Waals surface area contributed by atoms with Crippen molar-refractivity contribution in [1.82, 2.24) is 10.2 Å². The van der Waals surface area contributed by atoms with Gasteiger partial charge in [0, 0.05) is 30.0 Å². The number of methoxy groups -OCH3 is 1. The van der Waals surface area contributed by atoms with Gasteiger partial charge in [0.05, 0.1) is 12.6 Å². The highest BCUT2D eigenvalue weighted by molar-refractivity contribution is 6.00. The van der Waals surface area contributed by atoms with Gasteiger partial charge in [-0.05, 0) is 42.6 Å². The Kier molecular flexibility index (Phi) is 3.24. The van der Waals surface area contributed by atoms with Gasteiger partial charge in [-0.15, -0.1) is 0 Å². The van der Waals surface area contributed by atoms with Crippen molar-refractivity contribution < 1.29 is 13.9 Å². The summed E-state index contributed by atoms with van der Waals surface area (Å²) in [6.45, 7) is 3.30. The van der Waals surface area contributed by atoms with E-state index in [0.29, 0.717) is 17.6 Å². The van der Waals surface area contributed by atoms with Crippen molar-refractivity contribution in [2.45, 2.75) is 12.0 Å². The number of nitrogens with zero attached hydrogens (tertiary/aromatic N) is 1. The predicted octanol–water partition coefficient (Wildman–Crippen LogP) is 3.54. The molecule has 3 unspecified atom stereocenters. The normalized spacial score (nSPS) is 29.7. The Morgan fingerprint density at radius 1 is 1.21 bits per heavy atom. The summed E-state index contributed by atoms with van der Waals surface area (Å²) in [6.07, 6.45) is 1.20. The Balaban J connectivity index is 1.32. The third kappa shape index (κ3) is 2.20. The SMILES string of the molecule is COc1ccc(-c2cccc3cc(C(=O)N[C@@]45CN6CCC4C5C6)oc23)cc1. The van der Waals surface area contributed by atoms with E-state index in [0.717, 1.165) is 40.9 Å². The summed E-state index contributed by atoms with van der Waals surface area (Å²) in [5.41, 5.74) is 2.76. The molecule has 0 radical (unpaired) electrons. The second-order valence-corrected chi connectivity index (χ2v) is 8.29. The van der Waals surface area contributed by atoms with E-state index in [9.17, 15) is 4.79 Å². The molecule has 5 nitrogen and oxygen atoms in total. The van der Waals surface area contributed by atoms with E-state index in [1.165, 1.54) is 13.0 Å². The summed E-state index contributed by atoms with van der Waals surface area (Å²) in [6, 6.07) is 15.7. The van der Waals surface area contributed by atoms with E-state index in [1.807, 2.05) is 48.5 Å². The Hall–Kier alpha value is -2.79. The number of carbonyl (C=O) groups excluding carboxylic acids is 1. The molecule has 1 aliphatic carbocycles. The van der Waals surface area contributed by atoms with Gasteiger partial charge in [-0.2, -0.15) is 0 Å². The van der Waals surface area contributed by atoms with Crippen LogP contribution in [0.4, 0.5) is 0 Å². The number of fused-ring (bicyclic) bond motifs is 2. The number of amides is 1. The molecule has 5 heteroatoms. The van der Waals surface area contributed by atoms with Gasteiger partial charge in [0.1, 0.15) is 11.3 Å². The van der Waals surface area contributed by atoms with Crippen LogP contribution >= 0.6 is 0 Å². The lowest BCUT2D eigenvalue weighted by atomic mass is 10.0. The van der Waals surface area contributed by atoms with Gasteiger partial charge >= 0.3 is 0 Å². The molecule has 4 fully saturated rings. The topological polar surface area (TPSA) is 54.7 Å². The van der Waals surface area contributed by atoms with Crippen molar-refractivity contribution in [1.29, 1.82) is 0 Å². The molecule has 0 spiro atoms. The van der Waals surface area contributed by atoms with Gasteiger partial charge in [0.15, 0.2) is 5.76 Å². The number of rotatable bonds is 4. The van der Waals surface area contributed by atoms with Crippen molar-refractivity contribution in [2.75, 3.05) is 26.7 Å². The highest BCUT2D eigenvalue weighted by atomic mass is 16.5. The standard InChI is InChI=1S/C23H22N2O3/c1-27-16-7-5-14(6-8-16)17-4-2-3-15-11-20(28-21(15)17)22(26)24-23-13-25-10-9-18(23)19(23)12-25/h2-8,11,18-19H,9-10,12-13H2,1H3,(H,24,26)/t18?,19?,23-/m0/s1. The van der Waals surface area contributed by atoms with E-state index in [1.54, 1.807) is 7.11 Å². The molecule has 3 aromatic rings. The zero-order valence-electron chi connectivity index (χ0n) is 15.8. The summed E-state index contributed by atoms with van der Waals surface area (Å²) in [4.78, 5) is 15.4. The Morgan fingerprint density at radius 2 is 2.07 bits per heavy atom. The summed E-state index contributed by atoms with van der Waals surface area (Å²) >= 11 is 0. The summed E-state index contributed by atoms with van der Waals surface area (Å²) in [5.74, 6) is 2.40. The molecule has 1 N–H and O–H groups in total. The highest BCUT2D eigenvalue weighted by Gasteiger charge is 2.71. The summed E-state index contributed by atoms with van der Waals surface area (Å²) in [7, 11) is 1.66. The fourth-order valence-electron chi connectivity index (χ4n) is 5.46. The van der Waals surface area contributed by atoms with Crippen LogP contribution in [0, 0.1) is 11.8 Å². The van der Waals surface area contributed by atoms with Crippen LogP contribution in [0.15, 0.2) is 52.9 Å². The smallest absolute Gasteiger partial charge is 0.287 e. The van der Waals surface area contributed by atoms with Crippen molar-refractivity contribution >= 4 is 16.9 Å². The molecule has 4 aliphatic rings. The molecule has 7 rings (SSSR count). The minimum atomic E-state index is -0.0897. The van der Waals surface area contributed by atoms with E-state index in [2.05, 4.69) is 10.2 Å². The number of hydrogen-bond donors (Lipinski definition) is 1. The van der Waals surface area contributed by atoms with E-state index < -0.39 is 0 Å². The largest absolute Gasteiger partial charge is 0.497 e. The lowest BCUT2D eigenvalue weighted by Crippen LogP contribution is -2.47. The maximum absolute atomic E-state index is 13.0. The van der Waals surface area contributed by atoms with Crippen molar-refractivity contribution in [3.63, 3.8) is 0 Å². The van der Waals surface area contributed by atoms with Crippen LogP contribution in [0.2, 0.25) is 0 Å². The van der Waals surface area contributed by atoms with Gasteiger partial charge in [0.25, 0.3) is 5.91 Å². The molecule has 3 saturated heterocycles. The highest BCUT2D eigenvalue weighted by Crippen LogP contribution is 2.60. The monoisotopic (exact) mass is 374 g/mol. The lowest BCUT2D eigenvalue weighted by molar-refractivity contribution is 0.0884. The number of carbonyl (C=O) groups is 1. The molecule has 2 aromatic carbocycles. The number of benzene rings is 2. The molecule has 4 heterocycles. The molecule has 3 aliphatic heterocycles. The molecule has 1 saturated carbocycles. The van der Waals surface area contributed by atoms with Crippen molar-refractivity contribution in [2.24, 2.45) is 11.8 Å². The summed E-state index contributed by atoms with van der Waals surface area (Å²) < 4.78 is 11.3. The number of hydrogen-bond acceptors (Lipinski definition) is 4. The quantitative estimate of drug-likeness (QED) is 0.759. The molecule has 4 bridgehead atoms. The molecular weight excluding hydrogens is 352 g/mol. The third-order valence-electron chi connectivity index (χ3n) is 6.91. The van der Waals surface area contributed by atoms with Crippen LogP contribution in [0.25, 0.3) is 22.1 Å². The van der Waals surface area contributed by atoms with Crippen LogP contribution in [0.1, 0.15) is 17.0 Å². The fraction of sp³-hybridized carbons (Fsp3) is 0.348. The zero-order valence-corrected chi connectivity index (χ0v) is 15.8. The van der Waals surface area contributed by atoms with Gasteiger partial charge in [0.2, 0.25) is 0 Å². The van der Waals surface area contributed by atoms with E-state index in [-0.39, 0.29) is 11.4 Å². The van der Waals surface area contributed by atoms with Gasteiger partial charge in [-0.25, -0.2) is 0 Å². The number of furan rings is 1. The maximum atomic E-state index is 13.0. The molecule has 28 heavy (non-hydrogen) atoms. The first-order valence-electron chi connectivity index (χ1n) is 9.90. The molecular formula is C23H22N2O3. The first-order valence-corrected chi connectivity index (χ1v) is 9.90. The van der Waals surface area contributed by atoms with E-state index >= 15 is 0 Å². The minimum absolute atomic E-state index is 0.00682. The average Bonchev–Trinajstić information content (AvgIpc) is 3.05. The minimum Gasteiger partial charge on any atom is -0.497 e. The number of para-hydroxylation sites is 1. The van der Waals surface area contributed by atoms with Gasteiger partial charge in [-0.3, -0.25) is 4.79 Å². The van der Waals surface area contributed by atoms with E-state index in [4.69, 9.17) is 9.15 Å². The first kappa shape index (κ1) is 16.2. The van der Waals surface area contributed by atoms with Crippen LogP contribution in [-0.2, 0) is 0 Å². The zero-order chi connectivity index (χ0) is 18.9. The Labute approximate surface area is 163 Å². The maximum Gasteiger partial charge on any atom is 0.287 e. The average molecular weight is 374 g/mol. The third-order valence-corrected chi connectivity index (χ3v) is 6.91. The number of piperidine rings is 3. The second kappa shape index (κ2) is 5.61. The van der Waals surface area contributed by atoms with Gasteiger partial charge < -0.3 is 19.4 Å². The van der Waals surface area contributed by atoms with Crippen LogP contribution in [0.5, 0.6) is 5.75 Å².